The third-order valence-corrected chi connectivity index (χ3v) is 3.84. The van der Waals surface area contributed by atoms with Crippen molar-refractivity contribution in [3.63, 3.8) is 0 Å². The topological polar surface area (TPSA) is 56.3 Å². The Morgan fingerprint density at radius 2 is 1.79 bits per heavy atom. The van der Waals surface area contributed by atoms with Crippen molar-refractivity contribution in [2.24, 2.45) is 0 Å². The first-order valence-electron chi connectivity index (χ1n) is 5.88. The first-order chi connectivity index (χ1) is 9.19. The van der Waals surface area contributed by atoms with Crippen LogP contribution in [0.4, 0.5) is 0 Å². The van der Waals surface area contributed by atoms with Crippen LogP contribution in [0.5, 0.6) is 11.5 Å². The Kier molecular flexibility index (Phi) is 4.34. The Bertz CT molecular complexity index is 534. The molecule has 0 aliphatic carbocycles. The number of hydrogen-bond acceptors (Lipinski definition) is 6. The summed E-state index contributed by atoms with van der Waals surface area (Å²) in [6.45, 7) is 1.96. The highest BCUT2D eigenvalue weighted by Gasteiger charge is 2.19. The minimum absolute atomic E-state index is 0.0315. The lowest BCUT2D eigenvalue weighted by atomic mass is 10.0. The Balaban J connectivity index is 2.46. The van der Waals surface area contributed by atoms with Crippen LogP contribution in [0.15, 0.2) is 18.2 Å². The van der Waals surface area contributed by atoms with Gasteiger partial charge in [0.05, 0.1) is 30.8 Å². The van der Waals surface area contributed by atoms with Crippen LogP contribution in [0.25, 0.3) is 0 Å². The lowest BCUT2D eigenvalue weighted by Gasteiger charge is -2.17. The van der Waals surface area contributed by atoms with E-state index in [0.29, 0.717) is 0 Å². The fourth-order valence-electron chi connectivity index (χ4n) is 1.95. The van der Waals surface area contributed by atoms with Crippen molar-refractivity contribution in [1.29, 1.82) is 0 Å². The average molecular weight is 279 g/mol. The highest BCUT2D eigenvalue weighted by molar-refractivity contribution is 7.05. The number of aryl methyl sites for hydroxylation is 1. The molecule has 0 amide bonds. The van der Waals surface area contributed by atoms with E-state index in [9.17, 15) is 0 Å². The van der Waals surface area contributed by atoms with E-state index in [1.54, 1.807) is 14.2 Å². The highest BCUT2D eigenvalue weighted by Crippen LogP contribution is 2.31. The zero-order chi connectivity index (χ0) is 13.8. The van der Waals surface area contributed by atoms with Gasteiger partial charge in [-0.2, -0.15) is 0 Å². The summed E-state index contributed by atoms with van der Waals surface area (Å²) in [4.78, 5) is 1.10. The molecule has 0 aliphatic rings. The van der Waals surface area contributed by atoms with E-state index in [1.807, 2.05) is 32.2 Å². The van der Waals surface area contributed by atoms with Crippen LogP contribution >= 0.6 is 11.5 Å². The molecule has 1 aromatic carbocycles. The second-order valence-corrected chi connectivity index (χ2v) is 4.88. The third kappa shape index (κ3) is 2.85. The van der Waals surface area contributed by atoms with E-state index in [1.165, 1.54) is 11.5 Å². The van der Waals surface area contributed by atoms with E-state index in [-0.39, 0.29) is 6.04 Å². The second kappa shape index (κ2) is 5.99. The molecule has 6 heteroatoms. The van der Waals surface area contributed by atoms with Gasteiger partial charge in [0.1, 0.15) is 11.5 Å². The Morgan fingerprint density at radius 1 is 1.16 bits per heavy atom. The second-order valence-electron chi connectivity index (χ2n) is 4.09. The number of nitrogens with zero attached hydrogens (tertiary/aromatic N) is 2. The molecule has 1 unspecified atom stereocenters. The van der Waals surface area contributed by atoms with E-state index < -0.39 is 0 Å². The third-order valence-electron chi connectivity index (χ3n) is 2.94. The summed E-state index contributed by atoms with van der Waals surface area (Å²) in [7, 11) is 5.20. The summed E-state index contributed by atoms with van der Waals surface area (Å²) in [5.41, 5.74) is 2.00. The van der Waals surface area contributed by atoms with E-state index >= 15 is 0 Å². The van der Waals surface area contributed by atoms with E-state index in [0.717, 1.165) is 27.6 Å². The minimum Gasteiger partial charge on any atom is -0.497 e. The van der Waals surface area contributed by atoms with Crippen molar-refractivity contribution >= 4 is 11.5 Å². The van der Waals surface area contributed by atoms with Crippen LogP contribution in [-0.4, -0.2) is 30.9 Å². The van der Waals surface area contributed by atoms with Gasteiger partial charge in [0, 0.05) is 6.07 Å². The molecule has 19 heavy (non-hydrogen) atoms. The molecule has 1 N–H and O–H groups in total. The van der Waals surface area contributed by atoms with Crippen molar-refractivity contribution in [3.05, 3.63) is 34.3 Å². The molecule has 5 nitrogen and oxygen atoms in total. The molecule has 2 rings (SSSR count). The first-order valence-corrected chi connectivity index (χ1v) is 6.66. The minimum atomic E-state index is 0.0315. The number of hydrogen-bond donors (Lipinski definition) is 1. The lowest BCUT2D eigenvalue weighted by Crippen LogP contribution is -2.17. The molecule has 0 fully saturated rings. The monoisotopic (exact) mass is 279 g/mol. The molecule has 0 saturated heterocycles. The molecule has 2 aromatic rings. The van der Waals surface area contributed by atoms with Crippen molar-refractivity contribution in [3.8, 4) is 11.5 Å². The fourth-order valence-corrected chi connectivity index (χ4v) is 2.73. The van der Waals surface area contributed by atoms with E-state index in [2.05, 4.69) is 14.9 Å². The average Bonchev–Trinajstić information content (AvgIpc) is 2.85. The predicted molar refractivity (Wildman–Crippen MR) is 75.1 cm³/mol. The number of aromatic nitrogens is 2. The van der Waals surface area contributed by atoms with Gasteiger partial charge < -0.3 is 14.8 Å². The van der Waals surface area contributed by atoms with E-state index in [4.69, 9.17) is 9.47 Å². The molecular weight excluding hydrogens is 262 g/mol. The zero-order valence-electron chi connectivity index (χ0n) is 11.4. The van der Waals surface area contributed by atoms with Gasteiger partial charge in [-0.05, 0) is 43.2 Å². The van der Waals surface area contributed by atoms with Gasteiger partial charge in [-0.25, -0.2) is 0 Å². The van der Waals surface area contributed by atoms with Crippen LogP contribution in [0, 0.1) is 6.92 Å². The molecule has 102 valence electrons. The summed E-state index contributed by atoms with van der Waals surface area (Å²) < 4.78 is 14.6. The van der Waals surface area contributed by atoms with Crippen LogP contribution in [0.3, 0.4) is 0 Å². The Morgan fingerprint density at radius 3 is 2.21 bits per heavy atom. The maximum Gasteiger partial charge on any atom is 0.122 e. The van der Waals surface area contributed by atoms with Crippen LogP contribution in [-0.2, 0) is 0 Å². The number of methoxy groups -OCH3 is 2. The van der Waals surface area contributed by atoms with Crippen molar-refractivity contribution < 1.29 is 9.47 Å². The van der Waals surface area contributed by atoms with Crippen molar-refractivity contribution in [1.82, 2.24) is 14.9 Å². The zero-order valence-corrected chi connectivity index (χ0v) is 12.2. The largest absolute Gasteiger partial charge is 0.497 e. The van der Waals surface area contributed by atoms with Gasteiger partial charge in [0.2, 0.25) is 0 Å². The first kappa shape index (κ1) is 13.8. The number of benzene rings is 1. The normalized spacial score (nSPS) is 12.2. The standard InChI is InChI=1S/C13H17N3O2S/c1-8-13(19-16-15-8)12(14-2)9-5-10(17-3)7-11(6-9)18-4/h5-7,12,14H,1-4H3. The summed E-state index contributed by atoms with van der Waals surface area (Å²) in [5, 5.41) is 7.35. The van der Waals surface area contributed by atoms with Gasteiger partial charge >= 0.3 is 0 Å². The molecule has 0 saturated carbocycles. The lowest BCUT2D eigenvalue weighted by molar-refractivity contribution is 0.392. The predicted octanol–water partition coefficient (Wildman–Crippen LogP) is 2.17. The van der Waals surface area contributed by atoms with Gasteiger partial charge in [-0.3, -0.25) is 0 Å². The summed E-state index contributed by atoms with van der Waals surface area (Å²) >= 11 is 1.40. The molecule has 0 bridgehead atoms. The maximum absolute atomic E-state index is 5.30. The fraction of sp³-hybridized carbons (Fsp3) is 0.385. The summed E-state index contributed by atoms with van der Waals surface area (Å²) in [6.07, 6.45) is 0. The molecule has 1 heterocycles. The van der Waals surface area contributed by atoms with Crippen LogP contribution < -0.4 is 14.8 Å². The molecule has 0 aliphatic heterocycles. The summed E-state index contributed by atoms with van der Waals surface area (Å²) in [6, 6.07) is 5.86. The molecule has 0 radical (unpaired) electrons. The maximum atomic E-state index is 5.30. The van der Waals surface area contributed by atoms with Gasteiger partial charge in [-0.1, -0.05) is 4.49 Å². The molecule has 1 aromatic heterocycles. The van der Waals surface area contributed by atoms with Crippen LogP contribution in [0.2, 0.25) is 0 Å². The van der Waals surface area contributed by atoms with Crippen molar-refractivity contribution in [2.45, 2.75) is 13.0 Å². The van der Waals surface area contributed by atoms with Gasteiger partial charge in [0.15, 0.2) is 0 Å². The summed E-state index contributed by atoms with van der Waals surface area (Å²) in [5.74, 6) is 1.54. The van der Waals surface area contributed by atoms with Crippen molar-refractivity contribution in [2.75, 3.05) is 21.3 Å². The SMILES string of the molecule is CNC(c1cc(OC)cc(OC)c1)c1snnc1C. The number of rotatable bonds is 5. The Labute approximate surface area is 116 Å². The van der Waals surface area contributed by atoms with Gasteiger partial charge in [-0.15, -0.1) is 5.10 Å². The number of nitrogens with one attached hydrogen (secondary N) is 1. The highest BCUT2D eigenvalue weighted by atomic mass is 32.1. The van der Waals surface area contributed by atoms with Crippen LogP contribution in [0.1, 0.15) is 22.2 Å². The Hall–Kier alpha value is -1.66. The smallest absolute Gasteiger partial charge is 0.122 e. The molecular formula is C13H17N3O2S. The van der Waals surface area contributed by atoms with Gasteiger partial charge in [0.25, 0.3) is 0 Å². The number of ether oxygens (including phenoxy) is 2. The molecule has 0 spiro atoms. The quantitative estimate of drug-likeness (QED) is 0.909. The molecule has 1 atom stereocenters.